The first-order chi connectivity index (χ1) is 7.08. The van der Waals surface area contributed by atoms with E-state index in [1.54, 1.807) is 0 Å². The summed E-state index contributed by atoms with van der Waals surface area (Å²) >= 11 is 0. The highest BCUT2D eigenvalue weighted by Gasteiger charge is 2.19. The Morgan fingerprint density at radius 3 is 2.87 bits per heavy atom. The van der Waals surface area contributed by atoms with Crippen LogP contribution in [0.2, 0.25) is 0 Å². The van der Waals surface area contributed by atoms with E-state index in [0.717, 1.165) is 18.4 Å². The van der Waals surface area contributed by atoms with Gasteiger partial charge in [-0.05, 0) is 38.1 Å². The second kappa shape index (κ2) is 6.11. The molecule has 3 N–H and O–H groups in total. The molecule has 1 amide bonds. The molecule has 0 aromatic carbocycles. The van der Waals surface area contributed by atoms with Gasteiger partial charge in [-0.15, -0.1) is 0 Å². The van der Waals surface area contributed by atoms with Gasteiger partial charge in [0.2, 0.25) is 5.91 Å². The Bertz CT molecular complexity index is 206. The standard InChI is InChI=1S/C12H24N2O/c1-9-4-3-5-11(6-9)8-14-10(2)7-12(13)15/h9-11,14H,3-8H2,1-2H3,(H2,13,15). The molecular formula is C12H24N2O. The van der Waals surface area contributed by atoms with Gasteiger partial charge in [-0.1, -0.05) is 19.8 Å². The molecule has 1 rings (SSSR count). The lowest BCUT2D eigenvalue weighted by molar-refractivity contribution is -0.118. The molecule has 1 fully saturated rings. The average molecular weight is 212 g/mol. The summed E-state index contributed by atoms with van der Waals surface area (Å²) in [6.45, 7) is 5.40. The van der Waals surface area contributed by atoms with Gasteiger partial charge >= 0.3 is 0 Å². The predicted octanol–water partition coefficient (Wildman–Crippen LogP) is 1.67. The van der Waals surface area contributed by atoms with Gasteiger partial charge in [0, 0.05) is 12.5 Å². The number of primary amides is 1. The number of nitrogens with two attached hydrogens (primary N) is 1. The van der Waals surface area contributed by atoms with E-state index in [-0.39, 0.29) is 11.9 Å². The number of hydrogen-bond acceptors (Lipinski definition) is 2. The van der Waals surface area contributed by atoms with E-state index >= 15 is 0 Å². The molecule has 1 saturated carbocycles. The summed E-state index contributed by atoms with van der Waals surface area (Å²) in [6, 6.07) is 0.222. The first-order valence-electron chi connectivity index (χ1n) is 6.09. The van der Waals surface area contributed by atoms with Crippen molar-refractivity contribution in [3.63, 3.8) is 0 Å². The van der Waals surface area contributed by atoms with E-state index in [1.165, 1.54) is 25.7 Å². The molecule has 0 heterocycles. The van der Waals surface area contributed by atoms with Crippen molar-refractivity contribution in [1.82, 2.24) is 5.32 Å². The predicted molar refractivity (Wildman–Crippen MR) is 62.4 cm³/mol. The highest BCUT2D eigenvalue weighted by molar-refractivity contribution is 5.74. The molecule has 0 saturated heterocycles. The second-order valence-corrected chi connectivity index (χ2v) is 5.12. The van der Waals surface area contributed by atoms with Crippen LogP contribution in [0.3, 0.4) is 0 Å². The number of rotatable bonds is 5. The third-order valence-corrected chi connectivity index (χ3v) is 3.31. The van der Waals surface area contributed by atoms with Gasteiger partial charge in [0.05, 0.1) is 0 Å². The monoisotopic (exact) mass is 212 g/mol. The molecule has 0 bridgehead atoms. The SMILES string of the molecule is CC1CCCC(CNC(C)CC(N)=O)C1. The van der Waals surface area contributed by atoms with Crippen molar-refractivity contribution in [2.75, 3.05) is 6.54 Å². The van der Waals surface area contributed by atoms with E-state index in [9.17, 15) is 4.79 Å². The molecule has 0 aliphatic heterocycles. The highest BCUT2D eigenvalue weighted by Crippen LogP contribution is 2.27. The molecule has 0 aromatic rings. The lowest BCUT2D eigenvalue weighted by Crippen LogP contribution is -2.35. The molecule has 3 heteroatoms. The summed E-state index contributed by atoms with van der Waals surface area (Å²) in [4.78, 5) is 10.7. The second-order valence-electron chi connectivity index (χ2n) is 5.12. The average Bonchev–Trinajstić information content (AvgIpc) is 2.14. The Labute approximate surface area is 92.8 Å². The fourth-order valence-electron chi connectivity index (χ4n) is 2.49. The van der Waals surface area contributed by atoms with Gasteiger partial charge in [0.25, 0.3) is 0 Å². The van der Waals surface area contributed by atoms with Crippen LogP contribution in [0.1, 0.15) is 46.0 Å². The molecule has 3 unspecified atom stereocenters. The maximum Gasteiger partial charge on any atom is 0.218 e. The quantitative estimate of drug-likeness (QED) is 0.728. The Hall–Kier alpha value is -0.570. The molecule has 0 aromatic heterocycles. The van der Waals surface area contributed by atoms with Crippen LogP contribution in [0.5, 0.6) is 0 Å². The van der Waals surface area contributed by atoms with Crippen molar-refractivity contribution in [2.45, 2.75) is 52.0 Å². The number of carbonyl (C=O) groups is 1. The smallest absolute Gasteiger partial charge is 0.218 e. The minimum Gasteiger partial charge on any atom is -0.370 e. The maximum absolute atomic E-state index is 10.7. The number of nitrogens with one attached hydrogen (secondary N) is 1. The zero-order chi connectivity index (χ0) is 11.3. The Kier molecular flexibility index (Phi) is 5.09. The van der Waals surface area contributed by atoms with E-state index in [2.05, 4.69) is 12.2 Å². The first kappa shape index (κ1) is 12.5. The topological polar surface area (TPSA) is 55.1 Å². The van der Waals surface area contributed by atoms with Crippen LogP contribution < -0.4 is 11.1 Å². The molecule has 3 atom stereocenters. The van der Waals surface area contributed by atoms with Crippen LogP contribution in [-0.2, 0) is 4.79 Å². The van der Waals surface area contributed by atoms with Crippen LogP contribution in [0.4, 0.5) is 0 Å². The van der Waals surface area contributed by atoms with Crippen LogP contribution >= 0.6 is 0 Å². The number of hydrogen-bond donors (Lipinski definition) is 2. The number of carbonyl (C=O) groups excluding carboxylic acids is 1. The molecule has 1 aliphatic carbocycles. The zero-order valence-electron chi connectivity index (χ0n) is 9.96. The molecule has 88 valence electrons. The third kappa shape index (κ3) is 5.17. The Balaban J connectivity index is 2.15. The number of amides is 1. The largest absolute Gasteiger partial charge is 0.370 e. The molecule has 15 heavy (non-hydrogen) atoms. The molecule has 3 nitrogen and oxygen atoms in total. The summed E-state index contributed by atoms with van der Waals surface area (Å²) in [5.41, 5.74) is 5.15. The Morgan fingerprint density at radius 1 is 1.53 bits per heavy atom. The van der Waals surface area contributed by atoms with Gasteiger partial charge < -0.3 is 11.1 Å². The maximum atomic E-state index is 10.7. The van der Waals surface area contributed by atoms with E-state index in [1.807, 2.05) is 6.92 Å². The van der Waals surface area contributed by atoms with Gasteiger partial charge in [-0.3, -0.25) is 4.79 Å². The molecule has 0 radical (unpaired) electrons. The molecular weight excluding hydrogens is 188 g/mol. The van der Waals surface area contributed by atoms with Crippen molar-refractivity contribution in [1.29, 1.82) is 0 Å². The van der Waals surface area contributed by atoms with E-state index in [4.69, 9.17) is 5.73 Å². The van der Waals surface area contributed by atoms with E-state index in [0.29, 0.717) is 6.42 Å². The minimum absolute atomic E-state index is 0.216. The van der Waals surface area contributed by atoms with Crippen molar-refractivity contribution < 1.29 is 4.79 Å². The summed E-state index contributed by atoms with van der Waals surface area (Å²) in [5, 5.41) is 3.40. The summed E-state index contributed by atoms with van der Waals surface area (Å²) in [6.07, 6.45) is 5.85. The normalized spacial score (nSPS) is 28.7. The zero-order valence-corrected chi connectivity index (χ0v) is 9.96. The van der Waals surface area contributed by atoms with Gasteiger partial charge in [0.1, 0.15) is 0 Å². The molecule has 0 spiro atoms. The van der Waals surface area contributed by atoms with Crippen molar-refractivity contribution >= 4 is 5.91 Å². The first-order valence-corrected chi connectivity index (χ1v) is 6.09. The van der Waals surface area contributed by atoms with Crippen molar-refractivity contribution in [3.05, 3.63) is 0 Å². The van der Waals surface area contributed by atoms with Crippen molar-refractivity contribution in [2.24, 2.45) is 17.6 Å². The third-order valence-electron chi connectivity index (χ3n) is 3.31. The fourth-order valence-corrected chi connectivity index (χ4v) is 2.49. The van der Waals surface area contributed by atoms with E-state index < -0.39 is 0 Å². The van der Waals surface area contributed by atoms with Crippen molar-refractivity contribution in [3.8, 4) is 0 Å². The van der Waals surface area contributed by atoms with Gasteiger partial charge in [0.15, 0.2) is 0 Å². The van der Waals surface area contributed by atoms with Crippen LogP contribution in [0, 0.1) is 11.8 Å². The fraction of sp³-hybridized carbons (Fsp3) is 0.917. The minimum atomic E-state index is -0.216. The highest BCUT2D eigenvalue weighted by atomic mass is 16.1. The summed E-state index contributed by atoms with van der Waals surface area (Å²) in [5.74, 6) is 1.45. The van der Waals surface area contributed by atoms with Crippen LogP contribution in [-0.4, -0.2) is 18.5 Å². The lowest BCUT2D eigenvalue weighted by Gasteiger charge is -2.28. The molecule has 1 aliphatic rings. The lowest BCUT2D eigenvalue weighted by atomic mass is 9.82. The Morgan fingerprint density at radius 2 is 2.27 bits per heavy atom. The van der Waals surface area contributed by atoms with Gasteiger partial charge in [-0.2, -0.15) is 0 Å². The summed E-state index contributed by atoms with van der Waals surface area (Å²) in [7, 11) is 0. The van der Waals surface area contributed by atoms with Gasteiger partial charge in [-0.25, -0.2) is 0 Å². The van der Waals surface area contributed by atoms with Crippen LogP contribution in [0.25, 0.3) is 0 Å². The summed E-state index contributed by atoms with van der Waals surface area (Å²) < 4.78 is 0. The van der Waals surface area contributed by atoms with Crippen LogP contribution in [0.15, 0.2) is 0 Å².